The van der Waals surface area contributed by atoms with Crippen molar-refractivity contribution < 1.29 is 9.47 Å². The second-order valence-corrected chi connectivity index (χ2v) is 7.19. The van der Waals surface area contributed by atoms with Gasteiger partial charge < -0.3 is 9.47 Å². The van der Waals surface area contributed by atoms with E-state index < -0.39 is 0 Å². The predicted octanol–water partition coefficient (Wildman–Crippen LogP) is 4.10. The number of nitrogens with zero attached hydrogens (tertiary/aromatic N) is 3. The molecule has 140 valence electrons. The number of hydrogen-bond acceptors (Lipinski definition) is 5. The SMILES string of the molecule is CCOc1ccnc(Oc2ccc3c(c2)CCN(C2CCC2)CC3)c1C#N. The van der Waals surface area contributed by atoms with E-state index >= 15 is 0 Å². The molecule has 2 heterocycles. The Hall–Kier alpha value is -2.58. The average molecular weight is 363 g/mol. The van der Waals surface area contributed by atoms with Gasteiger partial charge in [-0.15, -0.1) is 0 Å². The number of pyridine rings is 1. The summed E-state index contributed by atoms with van der Waals surface area (Å²) in [6.45, 7) is 4.65. The van der Waals surface area contributed by atoms with Crippen molar-refractivity contribution in [2.24, 2.45) is 0 Å². The largest absolute Gasteiger partial charge is 0.492 e. The Bertz CT molecular complexity index is 855. The van der Waals surface area contributed by atoms with Crippen LogP contribution < -0.4 is 9.47 Å². The second kappa shape index (κ2) is 7.98. The van der Waals surface area contributed by atoms with Crippen molar-refractivity contribution in [1.82, 2.24) is 9.88 Å². The van der Waals surface area contributed by atoms with Crippen LogP contribution in [0.2, 0.25) is 0 Å². The molecule has 0 bridgehead atoms. The summed E-state index contributed by atoms with van der Waals surface area (Å²) in [5.41, 5.74) is 3.08. The minimum atomic E-state index is 0.299. The van der Waals surface area contributed by atoms with Crippen molar-refractivity contribution in [3.63, 3.8) is 0 Å². The maximum atomic E-state index is 9.49. The Morgan fingerprint density at radius 3 is 2.70 bits per heavy atom. The van der Waals surface area contributed by atoms with Crippen molar-refractivity contribution in [3.05, 3.63) is 47.2 Å². The molecule has 1 saturated carbocycles. The first-order chi connectivity index (χ1) is 13.3. The van der Waals surface area contributed by atoms with Gasteiger partial charge in [-0.3, -0.25) is 4.90 Å². The van der Waals surface area contributed by atoms with Crippen molar-refractivity contribution >= 4 is 0 Å². The fraction of sp³-hybridized carbons (Fsp3) is 0.455. The molecule has 4 rings (SSSR count). The molecule has 1 aromatic heterocycles. The van der Waals surface area contributed by atoms with Crippen LogP contribution in [-0.4, -0.2) is 35.6 Å². The molecule has 0 amide bonds. The van der Waals surface area contributed by atoms with Crippen LogP contribution >= 0.6 is 0 Å². The molecule has 0 atom stereocenters. The highest BCUT2D eigenvalue weighted by Crippen LogP contribution is 2.32. The number of nitriles is 1. The maximum absolute atomic E-state index is 9.49. The standard InChI is InChI=1S/C22H25N3O2/c1-2-26-21-8-11-24-22(20(21)15-23)27-19-7-6-16-9-12-25(18-4-3-5-18)13-10-17(16)14-19/h6-8,11,14,18H,2-5,9-10,12-13H2,1H3. The van der Waals surface area contributed by atoms with Gasteiger partial charge in [-0.25, -0.2) is 4.98 Å². The summed E-state index contributed by atoms with van der Waals surface area (Å²) >= 11 is 0. The van der Waals surface area contributed by atoms with E-state index in [-0.39, 0.29) is 0 Å². The van der Waals surface area contributed by atoms with Crippen molar-refractivity contribution in [2.45, 2.75) is 45.1 Å². The molecule has 0 N–H and O–H groups in total. The van der Waals surface area contributed by atoms with Crippen LogP contribution in [0.15, 0.2) is 30.5 Å². The van der Waals surface area contributed by atoms with Gasteiger partial charge in [-0.1, -0.05) is 12.5 Å². The molecule has 1 fully saturated rings. The van der Waals surface area contributed by atoms with Crippen LogP contribution in [-0.2, 0) is 12.8 Å². The highest BCUT2D eigenvalue weighted by atomic mass is 16.5. The molecular formula is C22H25N3O2. The van der Waals surface area contributed by atoms with Gasteiger partial charge in [0.05, 0.1) is 6.61 Å². The summed E-state index contributed by atoms with van der Waals surface area (Å²) in [7, 11) is 0. The van der Waals surface area contributed by atoms with Crippen molar-refractivity contribution in [1.29, 1.82) is 5.26 Å². The van der Waals surface area contributed by atoms with Gasteiger partial charge in [-0.05, 0) is 55.9 Å². The van der Waals surface area contributed by atoms with E-state index in [0.29, 0.717) is 23.8 Å². The molecule has 0 unspecified atom stereocenters. The number of hydrogen-bond donors (Lipinski definition) is 0. The molecule has 1 aliphatic heterocycles. The lowest BCUT2D eigenvalue weighted by molar-refractivity contribution is 0.133. The Balaban J connectivity index is 1.53. The van der Waals surface area contributed by atoms with E-state index in [9.17, 15) is 5.26 Å². The van der Waals surface area contributed by atoms with Gasteiger partial charge in [0.25, 0.3) is 0 Å². The number of rotatable bonds is 5. The fourth-order valence-electron chi connectivity index (χ4n) is 3.89. The molecule has 1 aromatic carbocycles. The zero-order valence-corrected chi connectivity index (χ0v) is 15.8. The van der Waals surface area contributed by atoms with Crippen LogP contribution in [0.3, 0.4) is 0 Å². The lowest BCUT2D eigenvalue weighted by atomic mass is 9.91. The minimum Gasteiger partial charge on any atom is -0.492 e. The third kappa shape index (κ3) is 3.77. The molecule has 0 spiro atoms. The molecule has 5 heteroatoms. The monoisotopic (exact) mass is 363 g/mol. The smallest absolute Gasteiger partial charge is 0.241 e. The number of benzene rings is 1. The van der Waals surface area contributed by atoms with Crippen LogP contribution in [0.1, 0.15) is 42.9 Å². The van der Waals surface area contributed by atoms with Gasteiger partial charge in [0.15, 0.2) is 5.56 Å². The Labute approximate surface area is 160 Å². The molecule has 2 aromatic rings. The van der Waals surface area contributed by atoms with Gasteiger partial charge in [-0.2, -0.15) is 5.26 Å². The van der Waals surface area contributed by atoms with E-state index in [2.05, 4.69) is 28.1 Å². The molecule has 27 heavy (non-hydrogen) atoms. The molecule has 0 saturated heterocycles. The highest BCUT2D eigenvalue weighted by Gasteiger charge is 2.26. The van der Waals surface area contributed by atoms with Crippen LogP contribution in [0.4, 0.5) is 0 Å². The molecule has 5 nitrogen and oxygen atoms in total. The first-order valence-electron chi connectivity index (χ1n) is 9.84. The quantitative estimate of drug-likeness (QED) is 0.800. The van der Waals surface area contributed by atoms with Crippen molar-refractivity contribution in [3.8, 4) is 23.4 Å². The van der Waals surface area contributed by atoms with Gasteiger partial charge in [0, 0.05) is 31.4 Å². The van der Waals surface area contributed by atoms with Crippen LogP contribution in [0, 0.1) is 11.3 Å². The molecule has 1 aliphatic carbocycles. The van der Waals surface area contributed by atoms with E-state index in [1.165, 1.54) is 30.4 Å². The Morgan fingerprint density at radius 1 is 1.19 bits per heavy atom. The Morgan fingerprint density at radius 2 is 2.00 bits per heavy atom. The predicted molar refractivity (Wildman–Crippen MR) is 103 cm³/mol. The first kappa shape index (κ1) is 17.8. The summed E-state index contributed by atoms with van der Waals surface area (Å²) in [6.07, 6.45) is 7.82. The first-order valence-corrected chi connectivity index (χ1v) is 9.84. The van der Waals surface area contributed by atoms with Crippen LogP contribution in [0.5, 0.6) is 17.4 Å². The van der Waals surface area contributed by atoms with E-state index in [0.717, 1.165) is 37.7 Å². The maximum Gasteiger partial charge on any atom is 0.241 e. The Kier molecular flexibility index (Phi) is 5.26. The summed E-state index contributed by atoms with van der Waals surface area (Å²) in [5.74, 6) is 1.53. The lowest BCUT2D eigenvalue weighted by Crippen LogP contribution is -2.41. The summed E-state index contributed by atoms with van der Waals surface area (Å²) < 4.78 is 11.5. The van der Waals surface area contributed by atoms with Crippen molar-refractivity contribution in [2.75, 3.05) is 19.7 Å². The average Bonchev–Trinajstić information content (AvgIpc) is 2.84. The molecular weight excluding hydrogens is 338 g/mol. The van der Waals surface area contributed by atoms with Crippen LogP contribution in [0.25, 0.3) is 0 Å². The second-order valence-electron chi connectivity index (χ2n) is 7.19. The summed E-state index contributed by atoms with van der Waals surface area (Å²) in [4.78, 5) is 6.88. The van der Waals surface area contributed by atoms with E-state index in [4.69, 9.17) is 9.47 Å². The topological polar surface area (TPSA) is 58.4 Å². The van der Waals surface area contributed by atoms with E-state index in [1.807, 2.05) is 13.0 Å². The third-order valence-corrected chi connectivity index (χ3v) is 5.61. The van der Waals surface area contributed by atoms with Gasteiger partial charge in [0.1, 0.15) is 17.6 Å². The zero-order chi connectivity index (χ0) is 18.6. The molecule has 0 radical (unpaired) electrons. The minimum absolute atomic E-state index is 0.299. The number of ether oxygens (including phenoxy) is 2. The van der Waals surface area contributed by atoms with E-state index in [1.54, 1.807) is 12.3 Å². The summed E-state index contributed by atoms with van der Waals surface area (Å²) in [6, 6.07) is 10.9. The number of fused-ring (bicyclic) bond motifs is 1. The number of aromatic nitrogens is 1. The highest BCUT2D eigenvalue weighted by molar-refractivity contribution is 5.50. The molecule has 2 aliphatic rings. The van der Waals surface area contributed by atoms with Gasteiger partial charge >= 0.3 is 0 Å². The fourth-order valence-corrected chi connectivity index (χ4v) is 3.89. The zero-order valence-electron chi connectivity index (χ0n) is 15.8. The normalized spacial score (nSPS) is 17.3. The summed E-state index contributed by atoms with van der Waals surface area (Å²) in [5, 5.41) is 9.49. The van der Waals surface area contributed by atoms with Gasteiger partial charge in [0.2, 0.25) is 5.88 Å². The third-order valence-electron chi connectivity index (χ3n) is 5.61. The lowest BCUT2D eigenvalue weighted by Gasteiger charge is -2.36.